The summed E-state index contributed by atoms with van der Waals surface area (Å²) in [6, 6.07) is 0. The van der Waals surface area contributed by atoms with E-state index in [2.05, 4.69) is 105 Å². The van der Waals surface area contributed by atoms with Gasteiger partial charge in [-0.2, -0.15) is 0 Å². The fourth-order valence-electron chi connectivity index (χ4n) is 3.44. The lowest BCUT2D eigenvalue weighted by Gasteiger charge is -2.39. The molecule has 0 aliphatic heterocycles. The number of hydrogen-bond donors (Lipinski definition) is 0. The van der Waals surface area contributed by atoms with E-state index in [1.54, 1.807) is 34.2 Å². The zero-order valence-corrected chi connectivity index (χ0v) is 33.6. The van der Waals surface area contributed by atoms with Gasteiger partial charge in [0.1, 0.15) is 0 Å². The van der Waals surface area contributed by atoms with E-state index in [-0.39, 0.29) is 0 Å². The molecule has 0 aromatic rings. The monoisotopic (exact) mass is 674 g/mol. The Hall–Kier alpha value is -0.842. The van der Waals surface area contributed by atoms with Gasteiger partial charge in [-0.05, 0) is 52.4 Å². The van der Waals surface area contributed by atoms with Crippen LogP contribution >= 0.6 is 0 Å². The van der Waals surface area contributed by atoms with Gasteiger partial charge in [0.15, 0.2) is 16.6 Å². The van der Waals surface area contributed by atoms with E-state index in [4.69, 9.17) is 29.4 Å². The first-order chi connectivity index (χ1) is 18.1. The van der Waals surface area contributed by atoms with Crippen molar-refractivity contribution in [2.45, 2.75) is 52.4 Å². The van der Waals surface area contributed by atoms with Gasteiger partial charge in [0.2, 0.25) is 0 Å². The molecule has 0 N–H and O–H groups in total. The second-order valence-corrected chi connectivity index (χ2v) is 35.4. The normalized spacial score (nSPS) is 13.2. The molecule has 228 valence electrons. The van der Waals surface area contributed by atoms with Crippen molar-refractivity contribution in [3.63, 3.8) is 0 Å². The lowest BCUT2D eigenvalue weighted by Crippen LogP contribution is -2.60. The Morgan fingerprint density at radius 3 is 0.800 bits per heavy atom. The molecule has 14 heteroatoms. The van der Waals surface area contributed by atoms with Gasteiger partial charge < -0.3 is 29.4 Å². The van der Waals surface area contributed by atoms with Gasteiger partial charge in [-0.15, -0.1) is 52.6 Å². The van der Waals surface area contributed by atoms with Crippen LogP contribution in [0.3, 0.4) is 0 Å². The largest absolute Gasteiger partial charge is 0.659 e. The van der Waals surface area contributed by atoms with Crippen molar-refractivity contribution in [3.05, 3.63) is 98.2 Å². The van der Waals surface area contributed by atoms with Crippen molar-refractivity contribution in [1.29, 1.82) is 0 Å². The fraction of sp³-hybridized carbons (Fsp3) is 0.385. The molecular weight excluding hydrogens is 621 g/mol. The van der Waals surface area contributed by atoms with Crippen LogP contribution in [-0.4, -0.2) is 73.7 Å². The van der Waals surface area contributed by atoms with Crippen molar-refractivity contribution >= 4 is 59.4 Å². The topological polar surface area (TPSA) is 64.6 Å². The molecule has 40 heavy (non-hydrogen) atoms. The first-order valence-corrected chi connectivity index (χ1v) is 30.4. The van der Waals surface area contributed by atoms with Crippen molar-refractivity contribution in [3.8, 4) is 0 Å². The maximum Gasteiger partial charge on any atom is 0.659 e. The minimum absolute atomic E-state index is 1.47. The third kappa shape index (κ3) is 13.9. The van der Waals surface area contributed by atoms with E-state index in [0.29, 0.717) is 0 Å². The Morgan fingerprint density at radius 2 is 0.625 bits per heavy atom. The van der Waals surface area contributed by atoms with Crippen LogP contribution in [0.2, 0.25) is 52.4 Å². The molecule has 0 heterocycles. The van der Waals surface area contributed by atoms with Crippen molar-refractivity contribution in [2.75, 3.05) is 14.2 Å². The standard InChI is InChI=1S/C14H24O4Si3.C12H30O3Si4/c1-9-19(10-2,11-3)17-21(15-7,16-8)18-20(12-4,13-5)14-6;1-11-16(3,4)13-18(7,8)15-19(9,10)14-17(5,6)12-2/h9-14H,1-6H2,7-8H3;11-12H,1-2H2,3-10H3. The zero-order chi connectivity index (χ0) is 32.1. The number of rotatable bonds is 20. The highest BCUT2D eigenvalue weighted by atomic mass is 28.5. The van der Waals surface area contributed by atoms with Crippen molar-refractivity contribution < 1.29 is 29.4 Å². The Balaban J connectivity index is 0. The average molecular weight is 675 g/mol. The van der Waals surface area contributed by atoms with E-state index in [1.807, 2.05) is 11.4 Å². The molecule has 7 nitrogen and oxygen atoms in total. The Morgan fingerprint density at radius 1 is 0.375 bits per heavy atom. The molecule has 0 bridgehead atoms. The Bertz CT molecular complexity index is 802. The molecule has 0 aromatic carbocycles. The fourth-order valence-corrected chi connectivity index (χ4v) is 28.6. The quantitative estimate of drug-likeness (QED) is 0.126. The third-order valence-electron chi connectivity index (χ3n) is 5.51. The highest BCUT2D eigenvalue weighted by Crippen LogP contribution is 2.26. The molecule has 0 radical (unpaired) electrons. The number of hydrogen-bond acceptors (Lipinski definition) is 7. The highest BCUT2D eigenvalue weighted by molar-refractivity contribution is 6.96. The SMILES string of the molecule is C=C[Si](C)(C)O[Si](C)(C)O[Si](C)(C)O[Si](C)(C)C=C.C=C[Si](C=C)(C=C)O[Si](OC)(OC)O[Si](C=C)(C=C)C=C. The maximum atomic E-state index is 6.31. The van der Waals surface area contributed by atoms with Crippen LogP contribution in [0.4, 0.5) is 0 Å². The van der Waals surface area contributed by atoms with E-state index in [1.165, 1.54) is 14.2 Å². The molecule has 0 atom stereocenters. The lowest BCUT2D eigenvalue weighted by molar-refractivity contribution is 0.0806. The van der Waals surface area contributed by atoms with E-state index >= 15 is 0 Å². The lowest BCUT2D eigenvalue weighted by atomic mass is 11.2. The average Bonchev–Trinajstić information content (AvgIpc) is 2.88. The molecule has 0 amide bonds. The zero-order valence-electron chi connectivity index (χ0n) is 26.6. The van der Waals surface area contributed by atoms with Gasteiger partial charge >= 0.3 is 26.2 Å². The molecule has 0 spiro atoms. The predicted octanol–water partition coefficient (Wildman–Crippen LogP) is 7.29. The van der Waals surface area contributed by atoms with Gasteiger partial charge in [-0.3, -0.25) is 0 Å². The first kappa shape index (κ1) is 41.3. The molecule has 0 aliphatic carbocycles. The summed E-state index contributed by atoms with van der Waals surface area (Å²) in [4.78, 5) is 0. The molecule has 0 aliphatic rings. The van der Waals surface area contributed by atoms with Crippen LogP contribution < -0.4 is 0 Å². The summed E-state index contributed by atoms with van der Waals surface area (Å²) in [5.74, 6) is 0. The Labute approximate surface area is 252 Å². The molecule has 0 aromatic heterocycles. The predicted molar refractivity (Wildman–Crippen MR) is 188 cm³/mol. The van der Waals surface area contributed by atoms with Crippen molar-refractivity contribution in [1.82, 2.24) is 0 Å². The van der Waals surface area contributed by atoms with Crippen LogP contribution in [0, 0.1) is 0 Å². The molecule has 0 saturated heterocycles. The van der Waals surface area contributed by atoms with Gasteiger partial charge in [0, 0.05) is 14.2 Å². The van der Waals surface area contributed by atoms with E-state index < -0.39 is 59.4 Å². The summed E-state index contributed by atoms with van der Waals surface area (Å²) in [6.45, 7) is 47.3. The first-order valence-electron chi connectivity index (χ1n) is 12.8. The molecular formula is C26H54O7Si7. The minimum atomic E-state index is -3.44. The maximum absolute atomic E-state index is 6.31. The summed E-state index contributed by atoms with van der Waals surface area (Å²) in [5.41, 5.74) is 13.9. The second-order valence-electron chi connectivity index (χ2n) is 10.8. The van der Waals surface area contributed by atoms with Crippen LogP contribution in [0.5, 0.6) is 0 Å². The second kappa shape index (κ2) is 16.7. The summed E-state index contributed by atoms with van der Waals surface area (Å²) in [7, 11) is -13.8. The minimum Gasteiger partial charge on any atom is -0.433 e. The van der Waals surface area contributed by atoms with Gasteiger partial charge in [0.05, 0.1) is 0 Å². The molecule has 0 saturated carbocycles. The third-order valence-corrected chi connectivity index (χ3v) is 29.2. The summed E-state index contributed by atoms with van der Waals surface area (Å²) < 4.78 is 41.9. The molecule has 0 fully saturated rings. The van der Waals surface area contributed by atoms with Crippen LogP contribution in [0.25, 0.3) is 0 Å². The van der Waals surface area contributed by atoms with Crippen LogP contribution in [0.15, 0.2) is 98.2 Å². The summed E-state index contributed by atoms with van der Waals surface area (Å²) in [5, 5.41) is 0. The van der Waals surface area contributed by atoms with Gasteiger partial charge in [0.25, 0.3) is 16.6 Å². The highest BCUT2D eigenvalue weighted by Gasteiger charge is 2.53. The summed E-state index contributed by atoms with van der Waals surface area (Å²) in [6.07, 6.45) is 0. The van der Waals surface area contributed by atoms with Gasteiger partial charge in [-0.1, -0.05) is 45.6 Å². The summed E-state index contributed by atoms with van der Waals surface area (Å²) >= 11 is 0. The molecule has 0 rings (SSSR count). The Kier molecular flexibility index (Phi) is 17.2. The van der Waals surface area contributed by atoms with Crippen LogP contribution in [-0.2, 0) is 29.4 Å². The van der Waals surface area contributed by atoms with Gasteiger partial charge in [-0.25, -0.2) is 0 Å². The van der Waals surface area contributed by atoms with Crippen molar-refractivity contribution in [2.24, 2.45) is 0 Å². The van der Waals surface area contributed by atoms with E-state index in [9.17, 15) is 0 Å². The van der Waals surface area contributed by atoms with E-state index in [0.717, 1.165) is 0 Å². The smallest absolute Gasteiger partial charge is 0.433 e. The molecule has 0 unspecified atom stereocenters. The van der Waals surface area contributed by atoms with Crippen LogP contribution in [0.1, 0.15) is 0 Å².